The molecule has 0 spiro atoms. The Labute approximate surface area is 127 Å². The van der Waals surface area contributed by atoms with E-state index in [4.69, 9.17) is 16.3 Å². The van der Waals surface area contributed by atoms with Gasteiger partial charge in [-0.1, -0.05) is 56.9 Å². The number of ether oxygens (including phenoxy) is 1. The quantitative estimate of drug-likeness (QED) is 0.675. The molecule has 0 fully saturated rings. The molecule has 2 aromatic carbocycles. The lowest BCUT2D eigenvalue weighted by Crippen LogP contribution is -1.98. The van der Waals surface area contributed by atoms with Crippen LogP contribution >= 0.6 is 27.5 Å². The van der Waals surface area contributed by atoms with Gasteiger partial charge in [-0.3, -0.25) is 0 Å². The van der Waals surface area contributed by atoms with E-state index in [9.17, 15) is 0 Å². The first-order valence-electron chi connectivity index (χ1n) is 6.13. The van der Waals surface area contributed by atoms with Crippen LogP contribution in [-0.2, 0) is 11.9 Å². The molecular weight excluding hydrogens is 324 g/mol. The van der Waals surface area contributed by atoms with Crippen molar-refractivity contribution in [3.63, 3.8) is 0 Å². The van der Waals surface area contributed by atoms with Crippen LogP contribution in [0.4, 0.5) is 0 Å². The van der Waals surface area contributed by atoms with Gasteiger partial charge in [0.05, 0.1) is 0 Å². The fourth-order valence-electron chi connectivity index (χ4n) is 2.11. The summed E-state index contributed by atoms with van der Waals surface area (Å²) in [7, 11) is 0. The first-order chi connectivity index (χ1) is 9.08. The number of hydrogen-bond acceptors (Lipinski definition) is 1. The van der Waals surface area contributed by atoms with E-state index in [0.717, 1.165) is 21.7 Å². The number of hydrogen-bond donors (Lipinski definition) is 0. The second-order valence-corrected chi connectivity index (χ2v) is 5.67. The van der Waals surface area contributed by atoms with E-state index in [1.807, 2.05) is 18.2 Å². The van der Waals surface area contributed by atoms with Gasteiger partial charge >= 0.3 is 0 Å². The molecule has 0 heterocycles. The van der Waals surface area contributed by atoms with Crippen molar-refractivity contribution in [3.8, 4) is 5.75 Å². The normalized spacial score (nSPS) is 10.5. The molecule has 2 aromatic rings. The van der Waals surface area contributed by atoms with Gasteiger partial charge in [0.2, 0.25) is 0 Å². The SMILES string of the molecule is Cc1cc(C)cc(COc2ccc(Cl)cc2CBr)c1. The van der Waals surface area contributed by atoms with Crippen LogP contribution in [0.5, 0.6) is 5.75 Å². The molecule has 19 heavy (non-hydrogen) atoms. The summed E-state index contributed by atoms with van der Waals surface area (Å²) in [5, 5.41) is 1.46. The summed E-state index contributed by atoms with van der Waals surface area (Å²) in [6.07, 6.45) is 0. The Morgan fingerprint density at radius 3 is 2.37 bits per heavy atom. The van der Waals surface area contributed by atoms with Gasteiger partial charge in [-0.15, -0.1) is 0 Å². The summed E-state index contributed by atoms with van der Waals surface area (Å²) in [5.74, 6) is 0.875. The van der Waals surface area contributed by atoms with E-state index >= 15 is 0 Å². The number of benzene rings is 2. The highest BCUT2D eigenvalue weighted by molar-refractivity contribution is 9.08. The summed E-state index contributed by atoms with van der Waals surface area (Å²) in [5.41, 5.74) is 4.77. The van der Waals surface area contributed by atoms with Crippen molar-refractivity contribution in [1.82, 2.24) is 0 Å². The molecule has 0 saturated heterocycles. The predicted octanol–water partition coefficient (Wildman–Crippen LogP) is 5.43. The molecule has 0 aliphatic carbocycles. The van der Waals surface area contributed by atoms with Crippen LogP contribution < -0.4 is 4.74 Å². The van der Waals surface area contributed by atoms with Crippen molar-refractivity contribution in [1.29, 1.82) is 0 Å². The molecule has 2 rings (SSSR count). The Morgan fingerprint density at radius 2 is 1.74 bits per heavy atom. The van der Waals surface area contributed by atoms with Crippen molar-refractivity contribution in [3.05, 3.63) is 63.7 Å². The lowest BCUT2D eigenvalue weighted by Gasteiger charge is -2.11. The Hall–Kier alpha value is -0.990. The molecule has 1 nitrogen and oxygen atoms in total. The molecule has 100 valence electrons. The van der Waals surface area contributed by atoms with Gasteiger partial charge in [0, 0.05) is 15.9 Å². The maximum Gasteiger partial charge on any atom is 0.123 e. The fraction of sp³-hybridized carbons (Fsp3) is 0.250. The molecular formula is C16H16BrClO. The molecule has 0 aromatic heterocycles. The molecule has 0 radical (unpaired) electrons. The first kappa shape index (κ1) is 14.4. The summed E-state index contributed by atoms with van der Waals surface area (Å²) < 4.78 is 5.89. The monoisotopic (exact) mass is 338 g/mol. The third-order valence-electron chi connectivity index (χ3n) is 2.84. The lowest BCUT2D eigenvalue weighted by atomic mass is 10.1. The van der Waals surface area contributed by atoms with Gasteiger partial charge in [0.1, 0.15) is 12.4 Å². The summed E-state index contributed by atoms with van der Waals surface area (Å²) >= 11 is 9.43. The Bertz CT molecular complexity index is 561. The molecule has 0 aliphatic rings. The topological polar surface area (TPSA) is 9.23 Å². The van der Waals surface area contributed by atoms with E-state index in [1.54, 1.807) is 0 Å². The second kappa shape index (κ2) is 6.44. The second-order valence-electron chi connectivity index (χ2n) is 4.67. The Kier molecular flexibility index (Phi) is 4.89. The maximum absolute atomic E-state index is 5.98. The summed E-state index contributed by atoms with van der Waals surface area (Å²) in [6, 6.07) is 12.2. The minimum atomic E-state index is 0.574. The van der Waals surface area contributed by atoms with Gasteiger partial charge in [-0.2, -0.15) is 0 Å². The van der Waals surface area contributed by atoms with Gasteiger partial charge in [-0.05, 0) is 37.6 Å². The summed E-state index contributed by atoms with van der Waals surface area (Å²) in [6.45, 7) is 4.77. The molecule has 0 bridgehead atoms. The average Bonchev–Trinajstić information content (AvgIpc) is 2.36. The van der Waals surface area contributed by atoms with E-state index in [0.29, 0.717) is 6.61 Å². The number of rotatable bonds is 4. The maximum atomic E-state index is 5.98. The van der Waals surface area contributed by atoms with Crippen LogP contribution in [0.25, 0.3) is 0 Å². The largest absolute Gasteiger partial charge is 0.489 e. The first-order valence-corrected chi connectivity index (χ1v) is 7.63. The standard InChI is InChI=1S/C16H16BrClO/c1-11-5-12(2)7-13(6-11)10-19-16-4-3-15(18)8-14(16)9-17/h3-8H,9-10H2,1-2H3. The zero-order valence-corrected chi connectivity index (χ0v) is 13.4. The molecule has 0 unspecified atom stereocenters. The molecule has 0 saturated carbocycles. The zero-order valence-electron chi connectivity index (χ0n) is 11.0. The highest BCUT2D eigenvalue weighted by Gasteiger charge is 2.04. The molecule has 3 heteroatoms. The van der Waals surface area contributed by atoms with Gasteiger partial charge < -0.3 is 4.74 Å². The third-order valence-corrected chi connectivity index (χ3v) is 3.68. The van der Waals surface area contributed by atoms with Crippen LogP contribution in [0.3, 0.4) is 0 Å². The summed E-state index contributed by atoms with van der Waals surface area (Å²) in [4.78, 5) is 0. The van der Waals surface area contributed by atoms with Crippen molar-refractivity contribution >= 4 is 27.5 Å². The van der Waals surface area contributed by atoms with Crippen molar-refractivity contribution in [2.75, 3.05) is 0 Å². The average molecular weight is 340 g/mol. The molecule has 0 N–H and O–H groups in total. The van der Waals surface area contributed by atoms with Crippen LogP contribution in [0.1, 0.15) is 22.3 Å². The van der Waals surface area contributed by atoms with E-state index in [1.165, 1.54) is 16.7 Å². The van der Waals surface area contributed by atoms with Crippen molar-refractivity contribution in [2.45, 2.75) is 25.8 Å². The molecule has 0 atom stereocenters. The van der Waals surface area contributed by atoms with Gasteiger partial charge in [0.15, 0.2) is 0 Å². The van der Waals surface area contributed by atoms with E-state index < -0.39 is 0 Å². The van der Waals surface area contributed by atoms with Crippen LogP contribution in [0.2, 0.25) is 5.02 Å². The highest BCUT2D eigenvalue weighted by atomic mass is 79.9. The lowest BCUT2D eigenvalue weighted by molar-refractivity contribution is 0.304. The predicted molar refractivity (Wildman–Crippen MR) is 84.3 cm³/mol. The van der Waals surface area contributed by atoms with E-state index in [-0.39, 0.29) is 0 Å². The number of aryl methyl sites for hydroxylation is 2. The van der Waals surface area contributed by atoms with E-state index in [2.05, 4.69) is 48.0 Å². The Morgan fingerprint density at radius 1 is 1.05 bits per heavy atom. The fourth-order valence-corrected chi connectivity index (χ4v) is 2.74. The minimum absolute atomic E-state index is 0.574. The third kappa shape index (κ3) is 3.99. The smallest absolute Gasteiger partial charge is 0.123 e. The van der Waals surface area contributed by atoms with Crippen molar-refractivity contribution < 1.29 is 4.74 Å². The van der Waals surface area contributed by atoms with Crippen LogP contribution in [0, 0.1) is 13.8 Å². The molecule has 0 amide bonds. The Balaban J connectivity index is 2.14. The van der Waals surface area contributed by atoms with Crippen LogP contribution in [-0.4, -0.2) is 0 Å². The van der Waals surface area contributed by atoms with Crippen LogP contribution in [0.15, 0.2) is 36.4 Å². The van der Waals surface area contributed by atoms with Gasteiger partial charge in [0.25, 0.3) is 0 Å². The highest BCUT2D eigenvalue weighted by Crippen LogP contribution is 2.26. The number of halogens is 2. The van der Waals surface area contributed by atoms with Gasteiger partial charge in [-0.25, -0.2) is 0 Å². The van der Waals surface area contributed by atoms with Crippen molar-refractivity contribution in [2.24, 2.45) is 0 Å². The minimum Gasteiger partial charge on any atom is -0.489 e. The zero-order chi connectivity index (χ0) is 13.8. The number of alkyl halides is 1. The molecule has 0 aliphatic heterocycles.